The molecule has 0 radical (unpaired) electrons. The maximum atomic E-state index is 12.8. The molecular formula is C20H18N2O3. The highest BCUT2D eigenvalue weighted by Gasteiger charge is 2.16. The van der Waals surface area contributed by atoms with Crippen molar-refractivity contribution in [2.24, 2.45) is 5.73 Å². The lowest BCUT2D eigenvalue weighted by Crippen LogP contribution is -2.17. The van der Waals surface area contributed by atoms with Crippen LogP contribution in [0.15, 0.2) is 54.6 Å². The fraction of sp³-hybridized carbons (Fsp3) is 0.100. The van der Waals surface area contributed by atoms with Gasteiger partial charge >= 0.3 is 0 Å². The van der Waals surface area contributed by atoms with Crippen molar-refractivity contribution in [1.29, 1.82) is 0 Å². The van der Waals surface area contributed by atoms with E-state index < -0.39 is 5.91 Å². The van der Waals surface area contributed by atoms with E-state index >= 15 is 0 Å². The maximum absolute atomic E-state index is 12.8. The van der Waals surface area contributed by atoms with Crippen molar-refractivity contribution in [3.63, 3.8) is 0 Å². The largest absolute Gasteiger partial charge is 0.496 e. The Morgan fingerprint density at radius 1 is 0.960 bits per heavy atom. The highest BCUT2D eigenvalue weighted by Crippen LogP contribution is 2.27. The van der Waals surface area contributed by atoms with Crippen molar-refractivity contribution >= 4 is 28.3 Å². The molecule has 0 atom stereocenters. The van der Waals surface area contributed by atoms with Gasteiger partial charge in [0.15, 0.2) is 0 Å². The van der Waals surface area contributed by atoms with E-state index in [2.05, 4.69) is 5.32 Å². The number of hydrogen-bond donors (Lipinski definition) is 2. The lowest BCUT2D eigenvalue weighted by atomic mass is 10.0. The molecule has 3 aromatic rings. The number of primary amides is 1. The molecule has 25 heavy (non-hydrogen) atoms. The first-order chi connectivity index (χ1) is 12.0. The second kappa shape index (κ2) is 6.65. The first kappa shape index (κ1) is 16.5. The van der Waals surface area contributed by atoms with Gasteiger partial charge in [-0.15, -0.1) is 0 Å². The Morgan fingerprint density at radius 3 is 2.28 bits per heavy atom. The standard InChI is InChI=1S/C20H18N2O3/c1-12-15(19(21)23)8-5-9-17(12)22-20(24)16-10-13-6-3-4-7-14(13)11-18(16)25-2/h3-11H,1-2H3,(H2,21,23)(H,22,24). The van der Waals surface area contributed by atoms with Crippen LogP contribution >= 0.6 is 0 Å². The SMILES string of the molecule is COc1cc2ccccc2cc1C(=O)Nc1cccc(C(N)=O)c1C. The van der Waals surface area contributed by atoms with E-state index in [1.807, 2.05) is 30.3 Å². The molecule has 0 bridgehead atoms. The van der Waals surface area contributed by atoms with Crippen LogP contribution in [-0.2, 0) is 0 Å². The Kier molecular flexibility index (Phi) is 4.39. The number of fused-ring (bicyclic) bond motifs is 1. The van der Waals surface area contributed by atoms with Gasteiger partial charge in [-0.3, -0.25) is 9.59 Å². The summed E-state index contributed by atoms with van der Waals surface area (Å²) in [5.74, 6) is -0.357. The molecule has 0 aliphatic rings. The topological polar surface area (TPSA) is 81.4 Å². The van der Waals surface area contributed by atoms with Gasteiger partial charge in [0.05, 0.1) is 12.7 Å². The fourth-order valence-electron chi connectivity index (χ4n) is 2.79. The van der Waals surface area contributed by atoms with Crippen LogP contribution in [0.3, 0.4) is 0 Å². The molecule has 0 spiro atoms. The van der Waals surface area contributed by atoms with Crippen LogP contribution in [0, 0.1) is 6.92 Å². The number of amides is 2. The highest BCUT2D eigenvalue weighted by atomic mass is 16.5. The molecule has 0 unspecified atom stereocenters. The van der Waals surface area contributed by atoms with E-state index in [0.717, 1.165) is 10.8 Å². The molecule has 3 aromatic carbocycles. The molecule has 2 amide bonds. The molecule has 0 aliphatic heterocycles. The third-order valence-corrected chi connectivity index (χ3v) is 4.16. The Hall–Kier alpha value is -3.34. The summed E-state index contributed by atoms with van der Waals surface area (Å²) in [7, 11) is 1.53. The summed E-state index contributed by atoms with van der Waals surface area (Å²) in [4.78, 5) is 24.2. The minimum Gasteiger partial charge on any atom is -0.496 e. The number of nitrogens with two attached hydrogens (primary N) is 1. The molecule has 3 rings (SSSR count). The van der Waals surface area contributed by atoms with Gasteiger partial charge in [-0.1, -0.05) is 30.3 Å². The molecule has 0 fully saturated rings. The first-order valence-corrected chi connectivity index (χ1v) is 7.79. The van der Waals surface area contributed by atoms with Crippen molar-refractivity contribution in [1.82, 2.24) is 0 Å². The molecule has 3 N–H and O–H groups in total. The Labute approximate surface area is 145 Å². The number of benzene rings is 3. The third-order valence-electron chi connectivity index (χ3n) is 4.16. The maximum Gasteiger partial charge on any atom is 0.259 e. The monoisotopic (exact) mass is 334 g/mol. The van der Waals surface area contributed by atoms with E-state index in [0.29, 0.717) is 28.1 Å². The van der Waals surface area contributed by atoms with Gasteiger partial charge in [0, 0.05) is 11.3 Å². The van der Waals surface area contributed by atoms with E-state index in [1.54, 1.807) is 31.2 Å². The summed E-state index contributed by atoms with van der Waals surface area (Å²) in [5.41, 5.74) is 7.33. The van der Waals surface area contributed by atoms with E-state index in [4.69, 9.17) is 10.5 Å². The minimum atomic E-state index is -0.531. The second-order valence-corrected chi connectivity index (χ2v) is 5.70. The van der Waals surface area contributed by atoms with E-state index in [1.165, 1.54) is 7.11 Å². The average molecular weight is 334 g/mol. The lowest BCUT2D eigenvalue weighted by molar-refractivity contribution is 0.0995. The van der Waals surface area contributed by atoms with Crippen LogP contribution in [-0.4, -0.2) is 18.9 Å². The summed E-state index contributed by atoms with van der Waals surface area (Å²) < 4.78 is 5.37. The van der Waals surface area contributed by atoms with Crippen molar-refractivity contribution in [3.8, 4) is 5.75 Å². The van der Waals surface area contributed by atoms with E-state index in [9.17, 15) is 9.59 Å². The number of carbonyl (C=O) groups excluding carboxylic acids is 2. The smallest absolute Gasteiger partial charge is 0.259 e. The molecular weight excluding hydrogens is 316 g/mol. The number of methoxy groups -OCH3 is 1. The first-order valence-electron chi connectivity index (χ1n) is 7.79. The minimum absolute atomic E-state index is 0.313. The average Bonchev–Trinajstić information content (AvgIpc) is 2.61. The van der Waals surface area contributed by atoms with Gasteiger partial charge in [0.2, 0.25) is 5.91 Å². The molecule has 0 aliphatic carbocycles. The molecule has 126 valence electrons. The fourth-order valence-corrected chi connectivity index (χ4v) is 2.79. The molecule has 0 aromatic heterocycles. The molecule has 0 saturated carbocycles. The Bertz CT molecular complexity index is 980. The number of nitrogens with one attached hydrogen (secondary N) is 1. The lowest BCUT2D eigenvalue weighted by Gasteiger charge is -2.13. The molecule has 0 saturated heterocycles. The quantitative estimate of drug-likeness (QED) is 0.766. The summed E-state index contributed by atoms with van der Waals surface area (Å²) in [6.45, 7) is 1.74. The van der Waals surface area contributed by atoms with E-state index in [-0.39, 0.29) is 5.91 Å². The Balaban J connectivity index is 2.00. The predicted molar refractivity (Wildman–Crippen MR) is 98.2 cm³/mol. The van der Waals surface area contributed by atoms with Crippen LogP contribution in [0.5, 0.6) is 5.75 Å². The highest BCUT2D eigenvalue weighted by molar-refractivity contribution is 6.09. The van der Waals surface area contributed by atoms with Crippen LogP contribution in [0.25, 0.3) is 10.8 Å². The number of carbonyl (C=O) groups is 2. The number of rotatable bonds is 4. The molecule has 0 heterocycles. The van der Waals surface area contributed by atoms with Crippen LogP contribution in [0.2, 0.25) is 0 Å². The Morgan fingerprint density at radius 2 is 1.64 bits per heavy atom. The van der Waals surface area contributed by atoms with Crippen LogP contribution in [0.4, 0.5) is 5.69 Å². The van der Waals surface area contributed by atoms with Gasteiger partial charge in [-0.2, -0.15) is 0 Å². The number of ether oxygens (including phenoxy) is 1. The third kappa shape index (κ3) is 3.17. The molecule has 5 nitrogen and oxygen atoms in total. The van der Waals surface area contributed by atoms with Crippen molar-refractivity contribution in [3.05, 3.63) is 71.3 Å². The van der Waals surface area contributed by atoms with Gasteiger partial charge in [-0.05, 0) is 47.5 Å². The summed E-state index contributed by atoms with van der Waals surface area (Å²) in [5, 5.41) is 4.76. The zero-order valence-corrected chi connectivity index (χ0v) is 14.0. The molecule has 5 heteroatoms. The normalized spacial score (nSPS) is 10.5. The summed E-state index contributed by atoms with van der Waals surface area (Å²) in [6.07, 6.45) is 0. The zero-order valence-electron chi connectivity index (χ0n) is 14.0. The summed E-state index contributed by atoms with van der Waals surface area (Å²) >= 11 is 0. The van der Waals surface area contributed by atoms with Crippen LogP contribution in [0.1, 0.15) is 26.3 Å². The van der Waals surface area contributed by atoms with Crippen molar-refractivity contribution in [2.75, 3.05) is 12.4 Å². The second-order valence-electron chi connectivity index (χ2n) is 5.70. The number of hydrogen-bond acceptors (Lipinski definition) is 3. The van der Waals surface area contributed by atoms with Crippen molar-refractivity contribution in [2.45, 2.75) is 6.92 Å². The summed E-state index contributed by atoms with van der Waals surface area (Å²) in [6, 6.07) is 16.4. The van der Waals surface area contributed by atoms with Gasteiger partial charge in [-0.25, -0.2) is 0 Å². The van der Waals surface area contributed by atoms with Gasteiger partial charge < -0.3 is 15.8 Å². The van der Waals surface area contributed by atoms with Gasteiger partial charge in [0.25, 0.3) is 5.91 Å². The number of anilines is 1. The van der Waals surface area contributed by atoms with Gasteiger partial charge in [0.1, 0.15) is 5.75 Å². The zero-order chi connectivity index (χ0) is 18.0. The van der Waals surface area contributed by atoms with Crippen LogP contribution < -0.4 is 15.8 Å². The van der Waals surface area contributed by atoms with Crippen molar-refractivity contribution < 1.29 is 14.3 Å². The predicted octanol–water partition coefficient (Wildman–Crippen LogP) is 3.51.